The Morgan fingerprint density at radius 3 is 2.59 bits per heavy atom. The minimum atomic E-state index is -0.565. The van der Waals surface area contributed by atoms with Gasteiger partial charge in [-0.3, -0.25) is 9.78 Å². The number of aromatic nitrogens is 4. The van der Waals surface area contributed by atoms with Crippen LogP contribution in [0.15, 0.2) is 54.9 Å². The van der Waals surface area contributed by atoms with Crippen molar-refractivity contribution in [3.05, 3.63) is 60.4 Å². The Hall–Kier alpha value is -4.51. The highest BCUT2D eigenvalue weighted by atomic mass is 16.6. The fraction of sp³-hybridized carbons (Fsp3) is 0.500. The van der Waals surface area contributed by atoms with Crippen LogP contribution in [0.5, 0.6) is 5.88 Å². The Morgan fingerprint density at radius 1 is 1.00 bits per heavy atom. The molecule has 0 radical (unpaired) electrons. The zero-order chi connectivity index (χ0) is 33.8. The summed E-state index contributed by atoms with van der Waals surface area (Å²) >= 11 is 0. The number of nitrogens with one attached hydrogen (secondary N) is 1. The predicted molar refractivity (Wildman–Crippen MR) is 184 cm³/mol. The Morgan fingerprint density at radius 2 is 1.84 bits per heavy atom. The number of hydrogen-bond acceptors (Lipinski definition) is 8. The summed E-state index contributed by atoms with van der Waals surface area (Å²) in [7, 11) is 0. The van der Waals surface area contributed by atoms with E-state index >= 15 is 0 Å². The fourth-order valence-electron chi connectivity index (χ4n) is 7.04. The normalized spacial score (nSPS) is 21.8. The zero-order valence-electron chi connectivity index (χ0n) is 28.5. The van der Waals surface area contributed by atoms with Crippen molar-refractivity contribution in [1.29, 1.82) is 0 Å². The highest BCUT2D eigenvalue weighted by Gasteiger charge is 2.54. The van der Waals surface area contributed by atoms with Gasteiger partial charge in [0.15, 0.2) is 6.23 Å². The molecule has 11 nitrogen and oxygen atoms in total. The van der Waals surface area contributed by atoms with Gasteiger partial charge in [-0.15, -0.1) is 0 Å². The summed E-state index contributed by atoms with van der Waals surface area (Å²) in [4.78, 5) is 37.0. The average molecular weight is 665 g/mol. The van der Waals surface area contributed by atoms with Gasteiger partial charge in [-0.05, 0) is 108 Å². The SMILES string of the molecule is CC(C)(C)OC(=O)N1CCC2(CC2)C(Oc2cncc(-c3nn(C4CCCCO4)c4ccc(-c5cccc(C(=O)NC6CC6)c5)cc34)n2)C1. The third kappa shape index (κ3) is 6.73. The molecular weight excluding hydrogens is 620 g/mol. The monoisotopic (exact) mass is 664 g/mol. The molecule has 8 rings (SSSR count). The Bertz CT molecular complexity index is 1880. The summed E-state index contributed by atoms with van der Waals surface area (Å²) in [6.45, 7) is 7.44. The summed E-state index contributed by atoms with van der Waals surface area (Å²) in [5, 5.41) is 9.11. The summed E-state index contributed by atoms with van der Waals surface area (Å²) in [6.07, 6.45) is 10.7. The number of likely N-dealkylation sites (tertiary alicyclic amines) is 1. The lowest BCUT2D eigenvalue weighted by Gasteiger charge is -2.39. The lowest BCUT2D eigenvalue weighted by Crippen LogP contribution is -2.51. The van der Waals surface area contributed by atoms with Crippen LogP contribution >= 0.6 is 0 Å². The summed E-state index contributed by atoms with van der Waals surface area (Å²) in [6, 6.07) is 14.3. The maximum absolute atomic E-state index is 12.9. The Balaban J connectivity index is 1.12. The van der Waals surface area contributed by atoms with Crippen LogP contribution in [0.25, 0.3) is 33.4 Å². The van der Waals surface area contributed by atoms with E-state index in [2.05, 4.69) is 28.5 Å². The van der Waals surface area contributed by atoms with Gasteiger partial charge in [0.1, 0.15) is 23.1 Å². The second kappa shape index (κ2) is 12.4. The predicted octanol–water partition coefficient (Wildman–Crippen LogP) is 6.92. The molecule has 2 aromatic carbocycles. The van der Waals surface area contributed by atoms with Crippen LogP contribution in [0.4, 0.5) is 4.79 Å². The third-order valence-electron chi connectivity index (χ3n) is 10.1. The summed E-state index contributed by atoms with van der Waals surface area (Å²) in [5.41, 5.74) is 4.27. The van der Waals surface area contributed by atoms with Gasteiger partial charge in [-0.25, -0.2) is 14.5 Å². The maximum atomic E-state index is 12.9. The number of benzene rings is 2. The van der Waals surface area contributed by atoms with Gasteiger partial charge < -0.3 is 24.4 Å². The highest BCUT2D eigenvalue weighted by Crippen LogP contribution is 2.55. The van der Waals surface area contributed by atoms with Gasteiger partial charge in [0.25, 0.3) is 5.91 Å². The lowest BCUT2D eigenvalue weighted by molar-refractivity contribution is -0.0365. The molecule has 49 heavy (non-hydrogen) atoms. The van der Waals surface area contributed by atoms with Crippen molar-refractivity contribution in [2.75, 3.05) is 19.7 Å². The van der Waals surface area contributed by atoms with E-state index in [1.165, 1.54) is 0 Å². The number of nitrogens with zero attached hydrogens (tertiary/aromatic N) is 5. The number of hydrogen-bond donors (Lipinski definition) is 1. The van der Waals surface area contributed by atoms with Crippen molar-refractivity contribution in [3.8, 4) is 28.4 Å². The van der Waals surface area contributed by atoms with Gasteiger partial charge in [0, 0.05) is 35.6 Å². The maximum Gasteiger partial charge on any atom is 0.410 e. The van der Waals surface area contributed by atoms with E-state index in [1.807, 2.05) is 49.7 Å². The molecule has 256 valence electrons. The number of carbonyl (C=O) groups is 2. The molecule has 2 aliphatic carbocycles. The summed E-state index contributed by atoms with van der Waals surface area (Å²) < 4.78 is 20.4. The smallest absolute Gasteiger partial charge is 0.410 e. The van der Waals surface area contributed by atoms with Crippen LogP contribution in [0.1, 0.15) is 88.7 Å². The molecule has 2 aliphatic heterocycles. The van der Waals surface area contributed by atoms with Crippen LogP contribution in [-0.2, 0) is 9.47 Å². The van der Waals surface area contributed by atoms with Gasteiger partial charge in [-0.2, -0.15) is 5.10 Å². The minimum Gasteiger partial charge on any atom is -0.471 e. The number of carbonyl (C=O) groups excluding carboxylic acids is 2. The van der Waals surface area contributed by atoms with Crippen LogP contribution in [0.3, 0.4) is 0 Å². The van der Waals surface area contributed by atoms with E-state index in [0.717, 1.165) is 73.4 Å². The van der Waals surface area contributed by atoms with E-state index in [0.29, 0.717) is 48.6 Å². The number of ether oxygens (including phenoxy) is 3. The molecule has 2 amide bonds. The topological polar surface area (TPSA) is 121 Å². The van der Waals surface area contributed by atoms with Crippen LogP contribution in [0, 0.1) is 5.41 Å². The molecule has 4 aliphatic rings. The molecule has 2 unspecified atom stereocenters. The second-order valence-electron chi connectivity index (χ2n) is 15.1. The highest BCUT2D eigenvalue weighted by molar-refractivity contribution is 5.98. The molecule has 2 atom stereocenters. The molecular formula is C38H44N6O5. The van der Waals surface area contributed by atoms with E-state index in [4.69, 9.17) is 24.3 Å². The molecule has 11 heteroatoms. The molecule has 4 aromatic rings. The molecule has 4 heterocycles. The molecule has 2 aromatic heterocycles. The van der Waals surface area contributed by atoms with Crippen LogP contribution < -0.4 is 10.1 Å². The van der Waals surface area contributed by atoms with Gasteiger partial charge in [-0.1, -0.05) is 18.2 Å². The van der Waals surface area contributed by atoms with E-state index in [9.17, 15) is 9.59 Å². The van der Waals surface area contributed by atoms with Gasteiger partial charge in [0.05, 0.1) is 24.5 Å². The first-order chi connectivity index (χ1) is 23.6. The standard InChI is InChI=1S/C38H44N6O5/c1-37(2,3)49-36(46)43-17-16-38(14-15-38)31(23-43)48-32-22-39-21-29(41-32)34-28-20-25(10-13-30(28)44(42-34)33-9-4-5-18-47-33)24-7-6-8-26(19-24)35(45)40-27-11-12-27/h6-8,10,13,19-22,27,31,33H,4-5,9,11-12,14-18,23H2,1-3H3,(H,40,45). The van der Waals surface area contributed by atoms with Crippen molar-refractivity contribution in [2.45, 2.75) is 96.1 Å². The number of amides is 2. The Kier molecular flexibility index (Phi) is 8.05. The summed E-state index contributed by atoms with van der Waals surface area (Å²) in [5.74, 6) is 0.364. The molecule has 2 saturated heterocycles. The van der Waals surface area contributed by atoms with Crippen LogP contribution in [0.2, 0.25) is 0 Å². The fourth-order valence-corrected chi connectivity index (χ4v) is 7.04. The van der Waals surface area contributed by atoms with Crippen molar-refractivity contribution in [2.24, 2.45) is 5.41 Å². The number of fused-ring (bicyclic) bond motifs is 1. The Labute approximate surface area is 286 Å². The second-order valence-corrected chi connectivity index (χ2v) is 15.1. The first kappa shape index (κ1) is 31.7. The molecule has 4 fully saturated rings. The first-order valence-electron chi connectivity index (χ1n) is 17.7. The number of rotatable bonds is 7. The van der Waals surface area contributed by atoms with Crippen molar-refractivity contribution < 1.29 is 23.8 Å². The average Bonchev–Trinajstić information content (AvgIpc) is 4.04. The largest absolute Gasteiger partial charge is 0.471 e. The van der Waals surface area contributed by atoms with E-state index in [-0.39, 0.29) is 29.7 Å². The van der Waals surface area contributed by atoms with Crippen molar-refractivity contribution >= 4 is 22.9 Å². The van der Waals surface area contributed by atoms with Crippen molar-refractivity contribution in [3.63, 3.8) is 0 Å². The molecule has 0 bridgehead atoms. The first-order valence-corrected chi connectivity index (χ1v) is 17.7. The van der Waals surface area contributed by atoms with Crippen molar-refractivity contribution in [1.82, 2.24) is 30.0 Å². The number of piperidine rings is 1. The lowest BCUT2D eigenvalue weighted by atomic mass is 9.90. The zero-order valence-corrected chi connectivity index (χ0v) is 28.5. The van der Waals surface area contributed by atoms with Gasteiger partial charge in [0.2, 0.25) is 5.88 Å². The minimum absolute atomic E-state index is 0.0411. The van der Waals surface area contributed by atoms with Crippen LogP contribution in [-0.4, -0.2) is 74.1 Å². The van der Waals surface area contributed by atoms with E-state index < -0.39 is 5.60 Å². The molecule has 2 saturated carbocycles. The molecule has 1 N–H and O–H groups in total. The third-order valence-corrected chi connectivity index (χ3v) is 10.1. The van der Waals surface area contributed by atoms with Gasteiger partial charge >= 0.3 is 6.09 Å². The van der Waals surface area contributed by atoms with E-state index in [1.54, 1.807) is 17.3 Å². The quantitative estimate of drug-likeness (QED) is 0.226. The molecule has 1 spiro atoms.